The largest absolute Gasteiger partial charge is 0.439 e. The van der Waals surface area contributed by atoms with Crippen LogP contribution in [-0.4, -0.2) is 119 Å². The molecule has 0 saturated carbocycles. The lowest BCUT2D eigenvalue weighted by molar-refractivity contribution is -0.0503. The van der Waals surface area contributed by atoms with Gasteiger partial charge in [0.1, 0.15) is 11.3 Å². The molecule has 61 heavy (non-hydrogen) atoms. The zero-order valence-electron chi connectivity index (χ0n) is 31.8. The molecule has 0 radical (unpaired) electrons. The van der Waals surface area contributed by atoms with Gasteiger partial charge in [-0.25, -0.2) is 32.3 Å². The van der Waals surface area contributed by atoms with Gasteiger partial charge in [-0.05, 0) is 41.6 Å². The number of tetrazole rings is 1. The van der Waals surface area contributed by atoms with Crippen molar-refractivity contribution < 1.29 is 31.7 Å². The molecule has 8 aromatic rings. The van der Waals surface area contributed by atoms with Gasteiger partial charge in [-0.1, -0.05) is 5.16 Å². The van der Waals surface area contributed by atoms with Crippen molar-refractivity contribution in [3.63, 3.8) is 0 Å². The first-order chi connectivity index (χ1) is 29.4. The van der Waals surface area contributed by atoms with Crippen molar-refractivity contribution in [2.24, 2.45) is 0 Å². The molecule has 0 aliphatic carbocycles. The molecule has 10 rings (SSSR count). The highest BCUT2D eigenvalue weighted by molar-refractivity contribution is 5.98. The van der Waals surface area contributed by atoms with E-state index < -0.39 is 17.6 Å². The van der Waals surface area contributed by atoms with Crippen LogP contribution in [0.1, 0.15) is 46.4 Å². The van der Waals surface area contributed by atoms with Gasteiger partial charge in [0, 0.05) is 111 Å². The fourth-order valence-electron chi connectivity index (χ4n) is 7.15. The van der Waals surface area contributed by atoms with E-state index in [1.54, 1.807) is 53.6 Å². The average Bonchev–Trinajstić information content (AvgIpc) is 4.11. The van der Waals surface area contributed by atoms with Crippen LogP contribution in [0.15, 0.2) is 95.3 Å². The molecule has 2 saturated heterocycles. The van der Waals surface area contributed by atoms with E-state index in [0.29, 0.717) is 50.4 Å². The summed E-state index contributed by atoms with van der Waals surface area (Å²) >= 11 is 0. The van der Waals surface area contributed by atoms with Crippen molar-refractivity contribution in [2.45, 2.75) is 37.5 Å². The number of halogens is 4. The normalized spacial score (nSPS) is 16.1. The molecule has 0 unspecified atom stereocenters. The molecule has 2 fully saturated rings. The van der Waals surface area contributed by atoms with Crippen LogP contribution in [0, 0.1) is 0 Å². The molecular weight excluding hydrogens is 805 g/mol. The number of nitrogens with one attached hydrogen (secondary N) is 2. The van der Waals surface area contributed by atoms with E-state index in [0.717, 1.165) is 11.1 Å². The summed E-state index contributed by atoms with van der Waals surface area (Å²) in [6, 6.07) is 10.7. The second kappa shape index (κ2) is 15.5. The molecule has 0 spiro atoms. The number of H-pyrrole nitrogens is 2. The maximum atomic E-state index is 13.4. The molecule has 22 heteroatoms. The lowest BCUT2D eigenvalue weighted by atomic mass is 10.1. The molecule has 2 aliphatic heterocycles. The van der Waals surface area contributed by atoms with E-state index in [9.17, 15) is 31.9 Å². The minimum absolute atomic E-state index is 0.0213. The summed E-state index contributed by atoms with van der Waals surface area (Å²) in [6.07, 6.45) is 11.7. The highest BCUT2D eigenvalue weighted by Gasteiger charge is 2.37. The van der Waals surface area contributed by atoms with E-state index >= 15 is 0 Å². The van der Waals surface area contributed by atoms with Gasteiger partial charge in [-0.3, -0.25) is 38.2 Å². The summed E-state index contributed by atoms with van der Waals surface area (Å²) in [4.78, 5) is 59.2. The first-order valence-corrected chi connectivity index (χ1v) is 18.9. The van der Waals surface area contributed by atoms with Crippen LogP contribution in [-0.2, 0) is 0 Å². The van der Waals surface area contributed by atoms with Crippen molar-refractivity contribution in [1.29, 1.82) is 0 Å². The van der Waals surface area contributed by atoms with Crippen LogP contribution in [0.3, 0.4) is 0 Å². The number of piperidine rings is 2. The SMILES string of the molecule is O=C(c1cnc2c(ccn2-c2cncc(-c3nn[nH]n3)c2)c1)N1CCC(F)(F)CC1.O=C(c1cnc2c(ccn2-c2cncc(-c3noc(=O)[nH]3)c2)c1)N1CCC(F)(F)CC1. The lowest BCUT2D eigenvalue weighted by Gasteiger charge is -2.31. The third-order valence-electron chi connectivity index (χ3n) is 10.4. The fourth-order valence-corrected chi connectivity index (χ4v) is 7.15. The molecule has 10 heterocycles. The van der Waals surface area contributed by atoms with Crippen molar-refractivity contribution in [1.82, 2.24) is 69.6 Å². The number of nitrogens with zero attached hydrogens (tertiary/aromatic N) is 12. The minimum Gasteiger partial charge on any atom is -0.338 e. The number of rotatable bonds is 6. The predicted octanol–water partition coefficient (Wildman–Crippen LogP) is 5.11. The second-order valence-electron chi connectivity index (χ2n) is 14.5. The number of carbonyl (C=O) groups is 2. The first kappa shape index (κ1) is 38.8. The number of likely N-dealkylation sites (tertiary alicyclic amines) is 2. The zero-order valence-corrected chi connectivity index (χ0v) is 31.8. The molecule has 18 nitrogen and oxygen atoms in total. The van der Waals surface area contributed by atoms with Gasteiger partial charge < -0.3 is 9.80 Å². The Kier molecular flexibility index (Phi) is 9.87. The van der Waals surface area contributed by atoms with E-state index in [-0.39, 0.29) is 69.5 Å². The Morgan fingerprint density at radius 2 is 1.18 bits per heavy atom. The van der Waals surface area contributed by atoms with Gasteiger partial charge in [0.15, 0.2) is 5.82 Å². The van der Waals surface area contributed by atoms with Crippen LogP contribution in [0.4, 0.5) is 17.6 Å². The highest BCUT2D eigenvalue weighted by Crippen LogP contribution is 2.31. The number of amides is 2. The molecule has 2 aliphatic rings. The molecule has 2 amide bonds. The van der Waals surface area contributed by atoms with Gasteiger partial charge in [-0.15, -0.1) is 10.2 Å². The number of fused-ring (bicyclic) bond motifs is 2. The molecule has 0 atom stereocenters. The van der Waals surface area contributed by atoms with Gasteiger partial charge in [0.25, 0.3) is 23.7 Å². The number of pyridine rings is 4. The Labute approximate surface area is 340 Å². The standard InChI is InChI=1S/C20H16F2N6O3.C19H16F2N8O/c21-20(22)2-5-27(6-3-20)18(29)14-7-12-1-4-28(17(12)24-10-14)15-8-13(9-23-11-15)16-25-19(30)31-26-16;20-19(21)2-5-28(6-3-19)18(30)14-7-12-1-4-29(17(12)23-10-14)15-8-13(9-22-11-15)16-24-26-27-25-16/h1,4,7-11H,2-3,5-6H2,(H,25,26,30);1,4,7-11H,2-3,5-6H2,(H,24,25,26,27). The van der Waals surface area contributed by atoms with E-state index in [1.807, 2.05) is 22.9 Å². The number of aromatic amines is 2. The number of aromatic nitrogens is 12. The van der Waals surface area contributed by atoms with Crippen molar-refractivity contribution >= 4 is 33.9 Å². The Morgan fingerprint density at radius 1 is 0.672 bits per heavy atom. The Morgan fingerprint density at radius 3 is 1.66 bits per heavy atom. The number of carbonyl (C=O) groups excluding carboxylic acids is 2. The Bertz CT molecular complexity index is 2940. The van der Waals surface area contributed by atoms with Crippen LogP contribution in [0.5, 0.6) is 0 Å². The Balaban J connectivity index is 0.000000156. The quantitative estimate of drug-likeness (QED) is 0.209. The third kappa shape index (κ3) is 8.06. The predicted molar refractivity (Wildman–Crippen MR) is 207 cm³/mol. The maximum absolute atomic E-state index is 13.4. The average molecular weight is 837 g/mol. The fraction of sp³-hybridized carbons (Fsp3) is 0.256. The van der Waals surface area contributed by atoms with Crippen LogP contribution in [0.2, 0.25) is 0 Å². The molecule has 310 valence electrons. The van der Waals surface area contributed by atoms with Crippen molar-refractivity contribution in [2.75, 3.05) is 26.2 Å². The third-order valence-corrected chi connectivity index (χ3v) is 10.4. The number of alkyl halides is 4. The topological polar surface area (TPSA) is 215 Å². The maximum Gasteiger partial charge on any atom is 0.439 e. The van der Waals surface area contributed by atoms with E-state index in [2.05, 4.69) is 55.2 Å². The summed E-state index contributed by atoms with van der Waals surface area (Å²) in [5.74, 6) is -5.98. The van der Waals surface area contributed by atoms with Crippen molar-refractivity contribution in [3.8, 4) is 34.2 Å². The molecular formula is C39H32F4N14O4. The summed E-state index contributed by atoms with van der Waals surface area (Å²) in [5, 5.41) is 19.0. The van der Waals surface area contributed by atoms with Gasteiger partial charge in [0.2, 0.25) is 5.82 Å². The molecule has 8 aromatic heterocycles. The molecule has 2 N–H and O–H groups in total. The van der Waals surface area contributed by atoms with E-state index in [4.69, 9.17) is 0 Å². The van der Waals surface area contributed by atoms with Crippen molar-refractivity contribution in [3.05, 3.63) is 108 Å². The minimum atomic E-state index is -2.71. The number of hydrogen-bond acceptors (Lipinski definition) is 12. The molecule has 0 aromatic carbocycles. The highest BCUT2D eigenvalue weighted by atomic mass is 19.3. The summed E-state index contributed by atoms with van der Waals surface area (Å²) in [6.45, 7) is 0.125. The van der Waals surface area contributed by atoms with E-state index in [1.165, 1.54) is 28.4 Å². The Hall–Kier alpha value is -7.65. The summed E-state index contributed by atoms with van der Waals surface area (Å²) < 4.78 is 61.6. The molecule has 0 bridgehead atoms. The zero-order chi connectivity index (χ0) is 42.3. The van der Waals surface area contributed by atoms with Gasteiger partial charge in [0.05, 0.1) is 34.9 Å². The van der Waals surface area contributed by atoms with Gasteiger partial charge in [-0.2, -0.15) is 5.21 Å². The monoisotopic (exact) mass is 836 g/mol. The van der Waals surface area contributed by atoms with Crippen LogP contribution in [0.25, 0.3) is 56.2 Å². The van der Waals surface area contributed by atoms with Gasteiger partial charge >= 0.3 is 5.76 Å². The number of hydrogen-bond donors (Lipinski definition) is 2. The smallest absolute Gasteiger partial charge is 0.338 e. The van der Waals surface area contributed by atoms with Crippen LogP contribution < -0.4 is 5.76 Å². The lowest BCUT2D eigenvalue weighted by Crippen LogP contribution is -2.42. The summed E-state index contributed by atoms with van der Waals surface area (Å²) in [7, 11) is 0. The second-order valence-corrected chi connectivity index (χ2v) is 14.5. The van der Waals surface area contributed by atoms with Crippen LogP contribution >= 0.6 is 0 Å². The summed E-state index contributed by atoms with van der Waals surface area (Å²) in [5.41, 5.74) is 4.62. The first-order valence-electron chi connectivity index (χ1n) is 18.9.